The topological polar surface area (TPSA) is 94.8 Å². The van der Waals surface area contributed by atoms with E-state index in [1.54, 1.807) is 6.33 Å². The standard InChI is InChI=1S/C26H31N9/c1-4-9-23-22(25(34(5-2)6-3)29-26-27-17-28-35(23)26)16-18-12-14-19(15-13-18)20-10-7-8-11-21(20)24-30-32-33-31-24/h7-8,10-15,17,32-33H,4-6,9,16H2,1-3H3,(H,30,31). The molecule has 2 aromatic heterocycles. The van der Waals surface area contributed by atoms with Crippen LogP contribution in [0.15, 0.2) is 60.0 Å². The maximum Gasteiger partial charge on any atom is 0.254 e. The summed E-state index contributed by atoms with van der Waals surface area (Å²) in [7, 11) is 0. The molecule has 0 fully saturated rings. The van der Waals surface area contributed by atoms with E-state index in [4.69, 9.17) is 4.98 Å². The van der Waals surface area contributed by atoms with Crippen LogP contribution in [-0.4, -0.2) is 38.5 Å². The van der Waals surface area contributed by atoms with E-state index in [9.17, 15) is 0 Å². The first-order chi connectivity index (χ1) is 17.2. The highest BCUT2D eigenvalue weighted by Gasteiger charge is 2.20. The van der Waals surface area contributed by atoms with Gasteiger partial charge in [-0.2, -0.15) is 15.1 Å². The van der Waals surface area contributed by atoms with E-state index in [2.05, 4.69) is 99.8 Å². The van der Waals surface area contributed by atoms with Gasteiger partial charge in [-0.1, -0.05) is 61.9 Å². The summed E-state index contributed by atoms with van der Waals surface area (Å²) in [5.41, 5.74) is 15.6. The molecule has 0 saturated carbocycles. The van der Waals surface area contributed by atoms with Gasteiger partial charge in [-0.05, 0) is 37.0 Å². The van der Waals surface area contributed by atoms with Crippen LogP contribution in [0, 0.1) is 0 Å². The van der Waals surface area contributed by atoms with E-state index in [1.807, 2.05) is 10.6 Å². The number of hydrogen-bond acceptors (Lipinski definition) is 8. The lowest BCUT2D eigenvalue weighted by Crippen LogP contribution is -2.35. The number of aryl methyl sites for hydroxylation is 1. The Labute approximate surface area is 205 Å². The minimum absolute atomic E-state index is 0.665. The maximum absolute atomic E-state index is 4.92. The van der Waals surface area contributed by atoms with Crippen LogP contribution in [0.1, 0.15) is 49.6 Å². The zero-order valence-electron chi connectivity index (χ0n) is 20.4. The summed E-state index contributed by atoms with van der Waals surface area (Å²) < 4.78 is 1.91. The fraction of sp³-hybridized carbons (Fsp3) is 0.308. The average Bonchev–Trinajstić information content (AvgIpc) is 3.60. The Balaban J connectivity index is 1.53. The third-order valence-corrected chi connectivity index (χ3v) is 6.39. The van der Waals surface area contributed by atoms with Crippen LogP contribution in [0.25, 0.3) is 16.9 Å². The van der Waals surface area contributed by atoms with Crippen molar-refractivity contribution in [2.24, 2.45) is 5.10 Å². The molecule has 1 aliphatic rings. The molecule has 4 aromatic rings. The molecule has 5 rings (SSSR count). The van der Waals surface area contributed by atoms with E-state index in [-0.39, 0.29) is 0 Å². The largest absolute Gasteiger partial charge is 0.357 e. The molecule has 0 radical (unpaired) electrons. The number of aromatic nitrogens is 4. The van der Waals surface area contributed by atoms with E-state index in [0.717, 1.165) is 60.7 Å². The summed E-state index contributed by atoms with van der Waals surface area (Å²) in [4.78, 5) is 11.6. The van der Waals surface area contributed by atoms with Crippen LogP contribution in [0.4, 0.5) is 5.82 Å². The molecule has 3 N–H and O–H groups in total. The Morgan fingerprint density at radius 1 is 0.943 bits per heavy atom. The monoisotopic (exact) mass is 469 g/mol. The van der Waals surface area contributed by atoms with Crippen molar-refractivity contribution in [3.8, 4) is 11.1 Å². The van der Waals surface area contributed by atoms with Crippen LogP contribution in [0.2, 0.25) is 0 Å². The predicted octanol–water partition coefficient (Wildman–Crippen LogP) is 3.45. The molecule has 9 nitrogen and oxygen atoms in total. The first-order valence-electron chi connectivity index (χ1n) is 12.2. The molecule has 0 atom stereocenters. The Hall–Kier alpha value is -3.98. The molecule has 3 heterocycles. The Kier molecular flexibility index (Phi) is 6.58. The molecule has 9 heteroatoms. The van der Waals surface area contributed by atoms with Gasteiger partial charge in [0, 0.05) is 30.6 Å². The number of hydrazine groups is 2. The van der Waals surface area contributed by atoms with E-state index in [0.29, 0.717) is 5.78 Å². The minimum Gasteiger partial charge on any atom is -0.357 e. The van der Waals surface area contributed by atoms with Crippen molar-refractivity contribution in [2.45, 2.75) is 40.0 Å². The van der Waals surface area contributed by atoms with Gasteiger partial charge in [0.05, 0.1) is 5.69 Å². The van der Waals surface area contributed by atoms with E-state index in [1.165, 1.54) is 16.8 Å². The van der Waals surface area contributed by atoms with Crippen LogP contribution in [0.3, 0.4) is 0 Å². The van der Waals surface area contributed by atoms with Gasteiger partial charge >= 0.3 is 0 Å². The van der Waals surface area contributed by atoms with E-state index >= 15 is 0 Å². The summed E-state index contributed by atoms with van der Waals surface area (Å²) in [5, 5.41) is 8.76. The average molecular weight is 470 g/mol. The zero-order chi connectivity index (χ0) is 24.2. The molecule has 0 bridgehead atoms. The number of anilines is 1. The zero-order valence-corrected chi connectivity index (χ0v) is 20.4. The Bertz CT molecular complexity index is 1340. The van der Waals surface area contributed by atoms with Crippen molar-refractivity contribution >= 4 is 17.4 Å². The second-order valence-electron chi connectivity index (χ2n) is 8.50. The number of amidine groups is 1. The van der Waals surface area contributed by atoms with Gasteiger partial charge in [0.15, 0.2) is 5.84 Å². The summed E-state index contributed by atoms with van der Waals surface area (Å²) in [5.74, 6) is 2.45. The van der Waals surface area contributed by atoms with Crippen molar-refractivity contribution in [1.29, 1.82) is 0 Å². The third-order valence-electron chi connectivity index (χ3n) is 6.39. The quantitative estimate of drug-likeness (QED) is 0.346. The molecular formula is C26H31N9. The lowest BCUT2D eigenvalue weighted by molar-refractivity contribution is 0.577. The molecule has 1 aliphatic heterocycles. The number of nitrogens with zero attached hydrogens (tertiary/aromatic N) is 6. The summed E-state index contributed by atoms with van der Waals surface area (Å²) in [6, 6.07) is 17.0. The van der Waals surface area contributed by atoms with Crippen molar-refractivity contribution in [3.05, 3.63) is 77.2 Å². The highest BCUT2D eigenvalue weighted by Crippen LogP contribution is 2.29. The Morgan fingerprint density at radius 3 is 2.40 bits per heavy atom. The third kappa shape index (κ3) is 4.42. The van der Waals surface area contributed by atoms with Crippen LogP contribution < -0.4 is 21.4 Å². The molecule has 180 valence electrons. The van der Waals surface area contributed by atoms with Crippen molar-refractivity contribution in [1.82, 2.24) is 36.1 Å². The lowest BCUT2D eigenvalue weighted by atomic mass is 9.95. The minimum atomic E-state index is 0.665. The highest BCUT2D eigenvalue weighted by atomic mass is 15.8. The number of hydrogen-bond donors (Lipinski definition) is 3. The molecule has 0 unspecified atom stereocenters. The first-order valence-corrected chi connectivity index (χ1v) is 12.2. The molecule has 0 saturated heterocycles. The summed E-state index contributed by atoms with van der Waals surface area (Å²) in [6.07, 6.45) is 4.34. The van der Waals surface area contributed by atoms with Gasteiger partial charge in [0.1, 0.15) is 12.1 Å². The second-order valence-corrected chi connectivity index (χ2v) is 8.50. The predicted molar refractivity (Wildman–Crippen MR) is 139 cm³/mol. The number of benzene rings is 2. The number of rotatable bonds is 9. The van der Waals surface area contributed by atoms with Crippen molar-refractivity contribution < 1.29 is 0 Å². The van der Waals surface area contributed by atoms with Gasteiger partial charge in [0.2, 0.25) is 0 Å². The smallest absolute Gasteiger partial charge is 0.254 e. The maximum atomic E-state index is 4.92. The molecule has 35 heavy (non-hydrogen) atoms. The normalized spacial score (nSPS) is 12.9. The number of hydrazone groups is 1. The molecular weight excluding hydrogens is 438 g/mol. The lowest BCUT2D eigenvalue weighted by Gasteiger charge is -2.25. The fourth-order valence-electron chi connectivity index (χ4n) is 4.65. The van der Waals surface area contributed by atoms with Gasteiger partial charge in [-0.25, -0.2) is 10.1 Å². The molecule has 0 amide bonds. The van der Waals surface area contributed by atoms with Crippen LogP contribution in [-0.2, 0) is 12.8 Å². The van der Waals surface area contributed by atoms with Crippen LogP contribution in [0.5, 0.6) is 0 Å². The SMILES string of the molecule is CCCc1c(Cc2ccc(-c3ccccc3C3=NNNN3)cc2)c(N(CC)CC)nc2ncnn12. The highest BCUT2D eigenvalue weighted by molar-refractivity contribution is 6.04. The molecule has 2 aromatic carbocycles. The summed E-state index contributed by atoms with van der Waals surface area (Å²) in [6.45, 7) is 8.32. The van der Waals surface area contributed by atoms with E-state index < -0.39 is 0 Å². The van der Waals surface area contributed by atoms with Crippen molar-refractivity contribution in [2.75, 3.05) is 18.0 Å². The fourth-order valence-corrected chi connectivity index (χ4v) is 4.65. The second kappa shape index (κ2) is 10.1. The first kappa shape index (κ1) is 22.8. The molecule has 0 aliphatic carbocycles. The van der Waals surface area contributed by atoms with Crippen molar-refractivity contribution in [3.63, 3.8) is 0 Å². The number of fused-ring (bicyclic) bond motifs is 1. The van der Waals surface area contributed by atoms with Gasteiger partial charge < -0.3 is 4.90 Å². The molecule has 0 spiro atoms. The number of nitrogens with one attached hydrogen (secondary N) is 3. The van der Waals surface area contributed by atoms with Gasteiger partial charge in [-0.15, -0.1) is 10.6 Å². The summed E-state index contributed by atoms with van der Waals surface area (Å²) >= 11 is 0. The van der Waals surface area contributed by atoms with Gasteiger partial charge in [0.25, 0.3) is 5.78 Å². The van der Waals surface area contributed by atoms with Gasteiger partial charge in [-0.3, -0.25) is 5.43 Å². The Morgan fingerprint density at radius 2 is 1.71 bits per heavy atom. The van der Waals surface area contributed by atoms with Crippen LogP contribution >= 0.6 is 0 Å².